The van der Waals surface area contributed by atoms with Gasteiger partial charge < -0.3 is 19.3 Å². The van der Waals surface area contributed by atoms with Crippen LogP contribution in [0, 0.1) is 6.92 Å². The summed E-state index contributed by atoms with van der Waals surface area (Å²) >= 11 is 1.52. The standard InChI is InChI=1S/C15H18O4S/c1-9-5-6-20-15(9)14(16)10-7-12(18-3)13(19-4)8-11(10)17-2/h5-8,14,16H,1-4H3. The molecular formula is C15H18O4S. The van der Waals surface area contributed by atoms with E-state index in [1.807, 2.05) is 18.4 Å². The Bertz CT molecular complexity index is 592. The van der Waals surface area contributed by atoms with Crippen molar-refractivity contribution in [1.29, 1.82) is 0 Å². The maximum absolute atomic E-state index is 10.6. The number of ether oxygens (including phenoxy) is 3. The van der Waals surface area contributed by atoms with E-state index in [1.165, 1.54) is 11.3 Å². The summed E-state index contributed by atoms with van der Waals surface area (Å²) in [5.74, 6) is 1.71. The van der Waals surface area contributed by atoms with Gasteiger partial charge in [-0.2, -0.15) is 0 Å². The first kappa shape index (κ1) is 14.7. The van der Waals surface area contributed by atoms with Crippen molar-refractivity contribution in [1.82, 2.24) is 0 Å². The van der Waals surface area contributed by atoms with Crippen LogP contribution in [0.1, 0.15) is 22.1 Å². The SMILES string of the molecule is COc1cc(OC)c(C(O)c2sccc2C)cc1OC. The fraction of sp³-hybridized carbons (Fsp3) is 0.333. The van der Waals surface area contributed by atoms with Gasteiger partial charge in [0.15, 0.2) is 11.5 Å². The van der Waals surface area contributed by atoms with Gasteiger partial charge >= 0.3 is 0 Å². The molecule has 0 saturated carbocycles. The topological polar surface area (TPSA) is 47.9 Å². The number of aliphatic hydroxyl groups is 1. The molecule has 1 heterocycles. The minimum absolute atomic E-state index is 0.566. The smallest absolute Gasteiger partial charge is 0.164 e. The maximum atomic E-state index is 10.6. The van der Waals surface area contributed by atoms with E-state index < -0.39 is 6.10 Å². The first-order valence-electron chi connectivity index (χ1n) is 6.14. The lowest BCUT2D eigenvalue weighted by molar-refractivity contribution is 0.216. The molecular weight excluding hydrogens is 276 g/mol. The van der Waals surface area contributed by atoms with Crippen LogP contribution in [0.2, 0.25) is 0 Å². The van der Waals surface area contributed by atoms with Crippen LogP contribution in [0.25, 0.3) is 0 Å². The lowest BCUT2D eigenvalue weighted by Gasteiger charge is -2.17. The Balaban J connectivity index is 2.52. The van der Waals surface area contributed by atoms with Crippen LogP contribution in [-0.4, -0.2) is 26.4 Å². The van der Waals surface area contributed by atoms with Crippen molar-refractivity contribution in [2.45, 2.75) is 13.0 Å². The van der Waals surface area contributed by atoms with E-state index in [-0.39, 0.29) is 0 Å². The Morgan fingerprint density at radius 1 is 1.00 bits per heavy atom. The van der Waals surface area contributed by atoms with Crippen molar-refractivity contribution in [3.05, 3.63) is 39.6 Å². The summed E-state index contributed by atoms with van der Waals surface area (Å²) in [6.45, 7) is 1.97. The number of methoxy groups -OCH3 is 3. The van der Waals surface area contributed by atoms with Gasteiger partial charge in [0, 0.05) is 16.5 Å². The quantitative estimate of drug-likeness (QED) is 0.920. The number of benzene rings is 1. The molecule has 1 unspecified atom stereocenters. The van der Waals surface area contributed by atoms with Crippen molar-refractivity contribution in [3.8, 4) is 17.2 Å². The number of hydrogen-bond donors (Lipinski definition) is 1. The average Bonchev–Trinajstić information content (AvgIpc) is 2.91. The third kappa shape index (κ3) is 2.59. The van der Waals surface area contributed by atoms with E-state index in [0.717, 1.165) is 10.4 Å². The van der Waals surface area contributed by atoms with E-state index in [9.17, 15) is 5.11 Å². The van der Waals surface area contributed by atoms with Crippen molar-refractivity contribution in [3.63, 3.8) is 0 Å². The second kappa shape index (κ2) is 6.15. The van der Waals surface area contributed by atoms with Gasteiger partial charge in [0.25, 0.3) is 0 Å². The Morgan fingerprint density at radius 3 is 2.10 bits per heavy atom. The zero-order valence-electron chi connectivity index (χ0n) is 12.0. The first-order chi connectivity index (χ1) is 9.62. The Labute approximate surface area is 122 Å². The molecule has 0 aliphatic carbocycles. The first-order valence-corrected chi connectivity index (χ1v) is 7.02. The lowest BCUT2D eigenvalue weighted by Crippen LogP contribution is -2.03. The summed E-state index contributed by atoms with van der Waals surface area (Å²) in [5, 5.41) is 12.6. The fourth-order valence-corrected chi connectivity index (χ4v) is 3.00. The molecule has 0 saturated heterocycles. The molecule has 4 nitrogen and oxygen atoms in total. The van der Waals surface area contributed by atoms with Crippen LogP contribution >= 0.6 is 11.3 Å². The van der Waals surface area contributed by atoms with Gasteiger partial charge in [-0.15, -0.1) is 11.3 Å². The molecule has 108 valence electrons. The summed E-state index contributed by atoms with van der Waals surface area (Å²) < 4.78 is 15.9. The minimum Gasteiger partial charge on any atom is -0.496 e. The Kier molecular flexibility index (Phi) is 4.52. The summed E-state index contributed by atoms with van der Waals surface area (Å²) in [4.78, 5) is 0.899. The molecule has 0 fully saturated rings. The molecule has 1 aromatic carbocycles. The van der Waals surface area contributed by atoms with E-state index in [0.29, 0.717) is 22.8 Å². The highest BCUT2D eigenvalue weighted by Gasteiger charge is 2.21. The predicted molar refractivity (Wildman–Crippen MR) is 79.2 cm³/mol. The highest BCUT2D eigenvalue weighted by Crippen LogP contribution is 2.40. The van der Waals surface area contributed by atoms with Crippen LogP contribution in [0.5, 0.6) is 17.2 Å². The van der Waals surface area contributed by atoms with Gasteiger partial charge in [-0.25, -0.2) is 0 Å². The number of hydrogen-bond acceptors (Lipinski definition) is 5. The second-order valence-electron chi connectivity index (χ2n) is 4.32. The zero-order chi connectivity index (χ0) is 14.7. The molecule has 0 aliphatic rings. The van der Waals surface area contributed by atoms with Crippen molar-refractivity contribution in [2.75, 3.05) is 21.3 Å². The summed E-state index contributed by atoms with van der Waals surface area (Å²) in [7, 11) is 4.70. The van der Waals surface area contributed by atoms with Gasteiger partial charge in [0.05, 0.1) is 21.3 Å². The minimum atomic E-state index is -0.746. The maximum Gasteiger partial charge on any atom is 0.164 e. The number of rotatable bonds is 5. The molecule has 0 amide bonds. The van der Waals surface area contributed by atoms with Crippen LogP contribution in [0.3, 0.4) is 0 Å². The van der Waals surface area contributed by atoms with Crippen molar-refractivity contribution < 1.29 is 19.3 Å². The van der Waals surface area contributed by atoms with Crippen molar-refractivity contribution >= 4 is 11.3 Å². The van der Waals surface area contributed by atoms with Gasteiger partial charge in [0.1, 0.15) is 11.9 Å². The molecule has 0 spiro atoms. The highest BCUT2D eigenvalue weighted by molar-refractivity contribution is 7.10. The summed E-state index contributed by atoms with van der Waals surface area (Å²) in [6.07, 6.45) is -0.746. The number of aryl methyl sites for hydroxylation is 1. The van der Waals surface area contributed by atoms with Gasteiger partial charge in [-0.3, -0.25) is 0 Å². The van der Waals surface area contributed by atoms with Crippen LogP contribution in [0.15, 0.2) is 23.6 Å². The van der Waals surface area contributed by atoms with Gasteiger partial charge in [-0.1, -0.05) is 0 Å². The molecule has 2 rings (SSSR count). The van der Waals surface area contributed by atoms with Crippen LogP contribution in [0.4, 0.5) is 0 Å². The monoisotopic (exact) mass is 294 g/mol. The van der Waals surface area contributed by atoms with Gasteiger partial charge in [-0.05, 0) is 30.0 Å². The molecule has 2 aromatic rings. The van der Waals surface area contributed by atoms with E-state index >= 15 is 0 Å². The number of thiophene rings is 1. The van der Waals surface area contributed by atoms with E-state index in [1.54, 1.807) is 33.5 Å². The number of aliphatic hydroxyl groups excluding tert-OH is 1. The summed E-state index contributed by atoms with van der Waals surface area (Å²) in [5.41, 5.74) is 1.72. The molecule has 1 atom stereocenters. The third-order valence-electron chi connectivity index (χ3n) is 3.18. The molecule has 5 heteroatoms. The molecule has 0 radical (unpaired) electrons. The molecule has 0 bridgehead atoms. The fourth-order valence-electron chi connectivity index (χ4n) is 2.07. The van der Waals surface area contributed by atoms with E-state index in [2.05, 4.69) is 0 Å². The third-order valence-corrected chi connectivity index (χ3v) is 4.25. The second-order valence-corrected chi connectivity index (χ2v) is 5.27. The van der Waals surface area contributed by atoms with Crippen LogP contribution < -0.4 is 14.2 Å². The highest BCUT2D eigenvalue weighted by atomic mass is 32.1. The van der Waals surface area contributed by atoms with Crippen molar-refractivity contribution in [2.24, 2.45) is 0 Å². The largest absolute Gasteiger partial charge is 0.496 e. The summed E-state index contributed by atoms with van der Waals surface area (Å²) in [6, 6.07) is 5.46. The molecule has 20 heavy (non-hydrogen) atoms. The van der Waals surface area contributed by atoms with Gasteiger partial charge in [0.2, 0.25) is 0 Å². The zero-order valence-corrected chi connectivity index (χ0v) is 12.8. The molecule has 1 aromatic heterocycles. The molecule has 1 N–H and O–H groups in total. The Hall–Kier alpha value is -1.72. The lowest BCUT2D eigenvalue weighted by atomic mass is 10.0. The van der Waals surface area contributed by atoms with Crippen LogP contribution in [-0.2, 0) is 0 Å². The van der Waals surface area contributed by atoms with E-state index in [4.69, 9.17) is 14.2 Å². The normalized spacial score (nSPS) is 12.1. The Morgan fingerprint density at radius 2 is 1.60 bits per heavy atom. The predicted octanol–water partition coefficient (Wildman–Crippen LogP) is 3.16. The molecule has 0 aliphatic heterocycles. The average molecular weight is 294 g/mol.